The number of nitrogens with one attached hydrogen (secondary N) is 1. The van der Waals surface area contributed by atoms with Gasteiger partial charge in [-0.25, -0.2) is 0 Å². The van der Waals surface area contributed by atoms with Crippen LogP contribution in [0.3, 0.4) is 0 Å². The molecule has 0 unspecified atom stereocenters. The lowest BCUT2D eigenvalue weighted by atomic mass is 10.0. The Kier molecular flexibility index (Phi) is 21.0. The van der Waals surface area contributed by atoms with E-state index in [0.29, 0.717) is 12.8 Å². The summed E-state index contributed by atoms with van der Waals surface area (Å²) in [6.45, 7) is -0.826. The number of amides is 1. The number of rotatable bonds is 27. The van der Waals surface area contributed by atoms with Crippen LogP contribution in [0.5, 0.6) is 0 Å². The minimum atomic E-state index is -1.24. The molecule has 0 saturated heterocycles. The predicted molar refractivity (Wildman–Crippen MR) is 132 cm³/mol. The molecular formula is C25H43NO11. The van der Waals surface area contributed by atoms with Gasteiger partial charge in [0.25, 0.3) is 0 Å². The van der Waals surface area contributed by atoms with E-state index < -0.39 is 23.4 Å². The van der Waals surface area contributed by atoms with Crippen LogP contribution < -0.4 is 5.32 Å². The van der Waals surface area contributed by atoms with Crippen LogP contribution in [0.2, 0.25) is 0 Å². The second-order valence-electron chi connectivity index (χ2n) is 8.95. The van der Waals surface area contributed by atoms with Crippen LogP contribution in [0.15, 0.2) is 0 Å². The molecule has 1 amide bonds. The molecule has 214 valence electrons. The fourth-order valence-corrected chi connectivity index (χ4v) is 3.45. The van der Waals surface area contributed by atoms with E-state index in [1.54, 1.807) is 0 Å². The largest absolute Gasteiger partial charge is 0.481 e. The number of carbonyl (C=O) groups excluding carboxylic acids is 2. The van der Waals surface area contributed by atoms with Gasteiger partial charge in [-0.15, -0.1) is 0 Å². The molecule has 12 nitrogen and oxygen atoms in total. The van der Waals surface area contributed by atoms with Gasteiger partial charge in [0, 0.05) is 12.8 Å². The molecule has 0 atom stereocenters. The Hall–Kier alpha value is -2.57. The number of aldehydes is 1. The highest BCUT2D eigenvalue weighted by molar-refractivity contribution is 5.76. The maximum Gasteiger partial charge on any atom is 0.305 e. The standard InChI is InChI=1S/C25H43NO11/c27-14-9-7-5-3-1-2-4-6-8-10-21(28)26-25(18-35-15-11-22(29)30,19-36-16-12-23(31)32)20-37-17-13-24(33)34/h14H,1-13,15-20H2,(H,26,28)(H,29,30)(H,31,32)(H,33,34). The van der Waals surface area contributed by atoms with Gasteiger partial charge < -0.3 is 39.6 Å². The molecule has 0 aromatic heterocycles. The Balaban J connectivity index is 4.84. The summed E-state index contributed by atoms with van der Waals surface area (Å²) < 4.78 is 16.4. The number of carboxylic acid groups (broad SMARTS) is 3. The maximum atomic E-state index is 12.7. The van der Waals surface area contributed by atoms with Crippen molar-refractivity contribution in [2.75, 3.05) is 39.6 Å². The third-order valence-electron chi connectivity index (χ3n) is 5.40. The lowest BCUT2D eigenvalue weighted by molar-refractivity contribution is -0.140. The first-order valence-corrected chi connectivity index (χ1v) is 12.8. The quantitative estimate of drug-likeness (QED) is 0.0897. The molecule has 12 heteroatoms. The van der Waals surface area contributed by atoms with Gasteiger partial charge in [0.15, 0.2) is 0 Å². The molecule has 0 aromatic rings. The van der Waals surface area contributed by atoms with Crippen LogP contribution in [0.1, 0.15) is 83.5 Å². The van der Waals surface area contributed by atoms with Crippen molar-refractivity contribution in [1.82, 2.24) is 5.32 Å². The van der Waals surface area contributed by atoms with Crippen LogP contribution in [0.25, 0.3) is 0 Å². The van der Waals surface area contributed by atoms with Crippen molar-refractivity contribution in [3.05, 3.63) is 0 Å². The molecule has 0 aliphatic heterocycles. The Morgan fingerprint density at radius 1 is 0.595 bits per heavy atom. The minimum Gasteiger partial charge on any atom is -0.481 e. The zero-order valence-electron chi connectivity index (χ0n) is 21.6. The number of carbonyl (C=O) groups is 5. The summed E-state index contributed by atoms with van der Waals surface area (Å²) in [5, 5.41) is 29.4. The van der Waals surface area contributed by atoms with E-state index in [0.717, 1.165) is 51.2 Å². The summed E-state index contributed by atoms with van der Waals surface area (Å²) in [5.41, 5.74) is -1.24. The van der Waals surface area contributed by atoms with E-state index in [2.05, 4.69) is 5.32 Å². The summed E-state index contributed by atoms with van der Waals surface area (Å²) in [5.74, 6) is -3.44. The fraction of sp³-hybridized carbons (Fsp3) is 0.800. The average Bonchev–Trinajstić information content (AvgIpc) is 2.83. The molecule has 0 aromatic carbocycles. The summed E-state index contributed by atoms with van der Waals surface area (Å²) in [6.07, 6.45) is 8.74. The summed E-state index contributed by atoms with van der Waals surface area (Å²) >= 11 is 0. The van der Waals surface area contributed by atoms with Crippen LogP contribution >= 0.6 is 0 Å². The molecule has 0 spiro atoms. The number of aliphatic carboxylic acids is 3. The highest BCUT2D eigenvalue weighted by atomic mass is 16.5. The van der Waals surface area contributed by atoms with Gasteiger partial charge in [-0.3, -0.25) is 19.2 Å². The maximum absolute atomic E-state index is 12.7. The lowest BCUT2D eigenvalue weighted by Gasteiger charge is -2.34. The van der Waals surface area contributed by atoms with E-state index >= 15 is 0 Å². The van der Waals surface area contributed by atoms with Crippen molar-refractivity contribution >= 4 is 30.1 Å². The van der Waals surface area contributed by atoms with Gasteiger partial charge in [0.05, 0.1) is 58.9 Å². The van der Waals surface area contributed by atoms with E-state index in [1.165, 1.54) is 0 Å². The number of unbranched alkanes of at least 4 members (excludes halogenated alkanes) is 8. The van der Waals surface area contributed by atoms with E-state index in [-0.39, 0.29) is 71.2 Å². The van der Waals surface area contributed by atoms with E-state index in [9.17, 15) is 24.0 Å². The zero-order chi connectivity index (χ0) is 27.8. The van der Waals surface area contributed by atoms with Crippen LogP contribution in [-0.2, 0) is 38.2 Å². The van der Waals surface area contributed by atoms with Crippen molar-refractivity contribution < 1.29 is 53.5 Å². The third-order valence-corrected chi connectivity index (χ3v) is 5.40. The second-order valence-corrected chi connectivity index (χ2v) is 8.95. The SMILES string of the molecule is O=CCCCCCCCCCCC(=O)NC(COCCC(=O)O)(COCCC(=O)O)COCCC(=O)O. The molecule has 0 bridgehead atoms. The van der Waals surface area contributed by atoms with Crippen molar-refractivity contribution in [3.63, 3.8) is 0 Å². The topological polar surface area (TPSA) is 186 Å². The van der Waals surface area contributed by atoms with Crippen LogP contribution in [-0.4, -0.2) is 90.6 Å². The Morgan fingerprint density at radius 2 is 0.973 bits per heavy atom. The fourth-order valence-electron chi connectivity index (χ4n) is 3.45. The predicted octanol–water partition coefficient (Wildman–Crippen LogP) is 2.42. The summed E-state index contributed by atoms with van der Waals surface area (Å²) in [6, 6.07) is 0. The van der Waals surface area contributed by atoms with Crippen LogP contribution in [0, 0.1) is 0 Å². The molecule has 0 fully saturated rings. The molecule has 37 heavy (non-hydrogen) atoms. The number of ether oxygens (including phenoxy) is 3. The van der Waals surface area contributed by atoms with Gasteiger partial charge in [-0.1, -0.05) is 38.5 Å². The highest BCUT2D eigenvalue weighted by Gasteiger charge is 2.33. The molecule has 0 saturated carbocycles. The smallest absolute Gasteiger partial charge is 0.305 e. The number of hydrogen-bond donors (Lipinski definition) is 4. The van der Waals surface area contributed by atoms with Gasteiger partial charge in [-0.2, -0.15) is 0 Å². The third kappa shape index (κ3) is 22.4. The number of hydrogen-bond acceptors (Lipinski definition) is 8. The zero-order valence-corrected chi connectivity index (χ0v) is 21.6. The molecule has 4 N–H and O–H groups in total. The van der Waals surface area contributed by atoms with Crippen molar-refractivity contribution in [2.24, 2.45) is 0 Å². The lowest BCUT2D eigenvalue weighted by Crippen LogP contribution is -2.58. The monoisotopic (exact) mass is 533 g/mol. The van der Waals surface area contributed by atoms with E-state index in [1.807, 2.05) is 0 Å². The first-order valence-electron chi connectivity index (χ1n) is 12.8. The van der Waals surface area contributed by atoms with Crippen molar-refractivity contribution in [3.8, 4) is 0 Å². The van der Waals surface area contributed by atoms with Crippen molar-refractivity contribution in [2.45, 2.75) is 89.0 Å². The molecule has 0 heterocycles. The molecule has 0 aliphatic carbocycles. The number of carboxylic acids is 3. The highest BCUT2D eigenvalue weighted by Crippen LogP contribution is 2.13. The van der Waals surface area contributed by atoms with E-state index in [4.69, 9.17) is 29.5 Å². The Morgan fingerprint density at radius 3 is 1.35 bits per heavy atom. The van der Waals surface area contributed by atoms with Gasteiger partial charge in [0.2, 0.25) is 5.91 Å². The minimum absolute atomic E-state index is 0.119. The Bertz CT molecular complexity index is 614. The Labute approximate surface area is 218 Å². The summed E-state index contributed by atoms with van der Waals surface area (Å²) in [7, 11) is 0. The molecule has 0 aliphatic rings. The molecule has 0 rings (SSSR count). The average molecular weight is 534 g/mol. The van der Waals surface area contributed by atoms with Gasteiger partial charge in [0.1, 0.15) is 11.8 Å². The molecular weight excluding hydrogens is 490 g/mol. The first kappa shape index (κ1) is 34.4. The van der Waals surface area contributed by atoms with Crippen LogP contribution in [0.4, 0.5) is 0 Å². The van der Waals surface area contributed by atoms with Crippen molar-refractivity contribution in [1.29, 1.82) is 0 Å². The summed E-state index contributed by atoms with van der Waals surface area (Å²) in [4.78, 5) is 55.4. The second kappa shape index (κ2) is 22.6. The molecule has 0 radical (unpaired) electrons. The van der Waals surface area contributed by atoms with Gasteiger partial charge >= 0.3 is 17.9 Å². The normalized spacial score (nSPS) is 11.2. The first-order chi connectivity index (χ1) is 17.7. The van der Waals surface area contributed by atoms with Gasteiger partial charge in [-0.05, 0) is 12.8 Å².